The van der Waals surface area contributed by atoms with Crippen molar-refractivity contribution >= 4 is 18.3 Å². The number of halogens is 1. The first-order valence-electron chi connectivity index (χ1n) is 7.18. The Kier molecular flexibility index (Phi) is 5.31. The number of amides is 1. The minimum absolute atomic E-state index is 0. The molecule has 3 rings (SSSR count). The summed E-state index contributed by atoms with van der Waals surface area (Å²) in [5.41, 5.74) is 1.07. The van der Waals surface area contributed by atoms with E-state index in [9.17, 15) is 4.79 Å². The standard InChI is InChI=1S/C15H20N2O3.ClH/c1-2-12(17-15(18)11-8-16-9-11)10-3-4-13-14(7-10)20-6-5-19-13;/h3-4,7,11-12,16H,2,5-6,8-9H2,1H3,(H,17,18);1H. The molecule has 1 aromatic rings. The van der Waals surface area contributed by atoms with Gasteiger partial charge in [0.25, 0.3) is 0 Å². The molecule has 5 nitrogen and oxygen atoms in total. The van der Waals surface area contributed by atoms with Gasteiger partial charge in [-0.15, -0.1) is 12.4 Å². The molecule has 1 fully saturated rings. The highest BCUT2D eigenvalue weighted by Crippen LogP contribution is 2.33. The van der Waals surface area contributed by atoms with Crippen molar-refractivity contribution in [3.8, 4) is 11.5 Å². The van der Waals surface area contributed by atoms with Crippen molar-refractivity contribution in [2.75, 3.05) is 26.3 Å². The molecule has 116 valence electrons. The van der Waals surface area contributed by atoms with E-state index in [4.69, 9.17) is 9.47 Å². The molecular weight excluding hydrogens is 292 g/mol. The average molecular weight is 313 g/mol. The third-order valence-electron chi connectivity index (χ3n) is 3.85. The van der Waals surface area contributed by atoms with E-state index in [1.54, 1.807) is 0 Å². The Hall–Kier alpha value is -1.46. The van der Waals surface area contributed by atoms with E-state index in [-0.39, 0.29) is 30.3 Å². The zero-order chi connectivity index (χ0) is 13.9. The largest absolute Gasteiger partial charge is 0.486 e. The van der Waals surface area contributed by atoms with E-state index in [2.05, 4.69) is 17.6 Å². The predicted molar refractivity (Wildman–Crippen MR) is 82.2 cm³/mol. The molecule has 1 aromatic carbocycles. The fraction of sp³-hybridized carbons (Fsp3) is 0.533. The zero-order valence-electron chi connectivity index (χ0n) is 12.1. The van der Waals surface area contributed by atoms with Crippen LogP contribution in [0.5, 0.6) is 11.5 Å². The van der Waals surface area contributed by atoms with E-state index in [0.717, 1.165) is 36.6 Å². The van der Waals surface area contributed by atoms with E-state index < -0.39 is 0 Å². The summed E-state index contributed by atoms with van der Waals surface area (Å²) in [6.45, 7) is 4.80. The fourth-order valence-electron chi connectivity index (χ4n) is 2.46. The van der Waals surface area contributed by atoms with E-state index in [1.807, 2.05) is 18.2 Å². The summed E-state index contributed by atoms with van der Waals surface area (Å²) in [6, 6.07) is 5.92. The highest BCUT2D eigenvalue weighted by molar-refractivity contribution is 5.85. The predicted octanol–water partition coefficient (Wildman–Crippen LogP) is 1.67. The Labute approximate surface area is 130 Å². The molecule has 1 atom stereocenters. The topological polar surface area (TPSA) is 59.6 Å². The first kappa shape index (κ1) is 15.9. The third-order valence-corrected chi connectivity index (χ3v) is 3.85. The van der Waals surface area contributed by atoms with Crippen molar-refractivity contribution in [1.29, 1.82) is 0 Å². The van der Waals surface area contributed by atoms with Crippen LogP contribution < -0.4 is 20.1 Å². The van der Waals surface area contributed by atoms with Crippen molar-refractivity contribution in [3.05, 3.63) is 23.8 Å². The molecule has 1 saturated heterocycles. The molecule has 0 aromatic heterocycles. The molecule has 2 N–H and O–H groups in total. The van der Waals surface area contributed by atoms with Crippen LogP contribution in [0, 0.1) is 5.92 Å². The lowest BCUT2D eigenvalue weighted by atomic mass is 9.99. The van der Waals surface area contributed by atoms with Crippen LogP contribution in [0.25, 0.3) is 0 Å². The van der Waals surface area contributed by atoms with Gasteiger partial charge in [0.05, 0.1) is 12.0 Å². The summed E-state index contributed by atoms with van der Waals surface area (Å²) in [5.74, 6) is 1.79. The Morgan fingerprint density at radius 2 is 2.05 bits per heavy atom. The summed E-state index contributed by atoms with van der Waals surface area (Å²) in [4.78, 5) is 12.0. The van der Waals surface area contributed by atoms with Crippen LogP contribution in [0.2, 0.25) is 0 Å². The summed E-state index contributed by atoms with van der Waals surface area (Å²) < 4.78 is 11.1. The highest BCUT2D eigenvalue weighted by Gasteiger charge is 2.27. The van der Waals surface area contributed by atoms with Gasteiger partial charge >= 0.3 is 0 Å². The Balaban J connectivity index is 0.00000161. The molecule has 2 aliphatic heterocycles. The SMILES string of the molecule is CCC(NC(=O)C1CNC1)c1ccc2c(c1)OCCO2.Cl. The molecule has 0 spiro atoms. The fourth-order valence-corrected chi connectivity index (χ4v) is 2.46. The van der Waals surface area contributed by atoms with Gasteiger partial charge in [-0.2, -0.15) is 0 Å². The molecule has 21 heavy (non-hydrogen) atoms. The maximum atomic E-state index is 12.0. The number of hydrogen-bond donors (Lipinski definition) is 2. The maximum Gasteiger partial charge on any atom is 0.226 e. The molecule has 0 saturated carbocycles. The summed E-state index contributed by atoms with van der Waals surface area (Å²) in [6.07, 6.45) is 0.853. The number of rotatable bonds is 4. The van der Waals surface area contributed by atoms with Gasteiger partial charge < -0.3 is 20.1 Å². The minimum atomic E-state index is 0. The van der Waals surface area contributed by atoms with Gasteiger partial charge in [-0.1, -0.05) is 13.0 Å². The van der Waals surface area contributed by atoms with E-state index in [1.165, 1.54) is 0 Å². The molecule has 6 heteroatoms. The van der Waals surface area contributed by atoms with Gasteiger partial charge in [-0.3, -0.25) is 4.79 Å². The van der Waals surface area contributed by atoms with Crippen molar-refractivity contribution in [2.24, 2.45) is 5.92 Å². The average Bonchev–Trinajstić information content (AvgIpc) is 2.42. The Morgan fingerprint density at radius 3 is 2.67 bits per heavy atom. The number of nitrogens with one attached hydrogen (secondary N) is 2. The van der Waals surface area contributed by atoms with Crippen LogP contribution >= 0.6 is 12.4 Å². The van der Waals surface area contributed by atoms with Crippen molar-refractivity contribution < 1.29 is 14.3 Å². The lowest BCUT2D eigenvalue weighted by Gasteiger charge is -2.29. The van der Waals surface area contributed by atoms with Crippen LogP contribution in [0.15, 0.2) is 18.2 Å². The molecule has 2 aliphatic rings. The quantitative estimate of drug-likeness (QED) is 0.888. The first-order valence-corrected chi connectivity index (χ1v) is 7.18. The van der Waals surface area contributed by atoms with Crippen LogP contribution in [-0.2, 0) is 4.79 Å². The number of carbonyl (C=O) groups is 1. The van der Waals surface area contributed by atoms with Gasteiger partial charge in [0.15, 0.2) is 11.5 Å². The number of fused-ring (bicyclic) bond motifs is 1. The molecular formula is C15H21ClN2O3. The van der Waals surface area contributed by atoms with Crippen molar-refractivity contribution in [1.82, 2.24) is 10.6 Å². The van der Waals surface area contributed by atoms with Gasteiger partial charge in [0, 0.05) is 13.1 Å². The summed E-state index contributed by atoms with van der Waals surface area (Å²) in [7, 11) is 0. The highest BCUT2D eigenvalue weighted by atomic mass is 35.5. The van der Waals surface area contributed by atoms with Gasteiger partial charge in [-0.25, -0.2) is 0 Å². The number of benzene rings is 1. The van der Waals surface area contributed by atoms with Gasteiger partial charge in [0.1, 0.15) is 13.2 Å². The number of carbonyl (C=O) groups excluding carboxylic acids is 1. The van der Waals surface area contributed by atoms with Crippen LogP contribution in [0.3, 0.4) is 0 Å². The van der Waals surface area contributed by atoms with Gasteiger partial charge in [0.2, 0.25) is 5.91 Å². The zero-order valence-corrected chi connectivity index (χ0v) is 12.9. The number of hydrogen-bond acceptors (Lipinski definition) is 4. The van der Waals surface area contributed by atoms with Crippen molar-refractivity contribution in [2.45, 2.75) is 19.4 Å². The smallest absolute Gasteiger partial charge is 0.226 e. The van der Waals surface area contributed by atoms with Crippen LogP contribution in [0.1, 0.15) is 24.9 Å². The minimum Gasteiger partial charge on any atom is -0.486 e. The molecule has 0 radical (unpaired) electrons. The third kappa shape index (κ3) is 3.41. The number of ether oxygens (including phenoxy) is 2. The lowest BCUT2D eigenvalue weighted by Crippen LogP contribution is -2.51. The summed E-state index contributed by atoms with van der Waals surface area (Å²) >= 11 is 0. The molecule has 0 bridgehead atoms. The van der Waals surface area contributed by atoms with E-state index >= 15 is 0 Å². The second-order valence-corrected chi connectivity index (χ2v) is 5.23. The van der Waals surface area contributed by atoms with E-state index in [0.29, 0.717) is 13.2 Å². The second kappa shape index (κ2) is 7.00. The van der Waals surface area contributed by atoms with Gasteiger partial charge in [-0.05, 0) is 24.1 Å². The Bertz CT molecular complexity index is 506. The van der Waals surface area contributed by atoms with Crippen molar-refractivity contribution in [3.63, 3.8) is 0 Å². The normalized spacial score (nSPS) is 18.1. The molecule has 0 aliphatic carbocycles. The lowest BCUT2D eigenvalue weighted by molar-refractivity contribution is -0.127. The molecule has 1 unspecified atom stereocenters. The first-order chi connectivity index (χ1) is 9.78. The molecule has 1 amide bonds. The monoisotopic (exact) mass is 312 g/mol. The summed E-state index contributed by atoms with van der Waals surface area (Å²) in [5, 5.41) is 6.23. The molecule has 2 heterocycles. The maximum absolute atomic E-state index is 12.0. The van der Waals surface area contributed by atoms with Crippen LogP contribution in [-0.4, -0.2) is 32.2 Å². The van der Waals surface area contributed by atoms with Crippen LogP contribution in [0.4, 0.5) is 0 Å². The Morgan fingerprint density at radius 1 is 1.33 bits per heavy atom. The second-order valence-electron chi connectivity index (χ2n) is 5.23.